The fourth-order valence-electron chi connectivity index (χ4n) is 4.15. The van der Waals surface area contributed by atoms with Crippen LogP contribution < -0.4 is 0 Å². The molecule has 0 radical (unpaired) electrons. The maximum absolute atomic E-state index is 5.06. The third-order valence-corrected chi connectivity index (χ3v) is 5.42. The minimum Gasteiger partial charge on any atom is -0.320 e. The van der Waals surface area contributed by atoms with Crippen LogP contribution in [0, 0.1) is 0 Å². The van der Waals surface area contributed by atoms with Crippen molar-refractivity contribution in [2.24, 2.45) is 0 Å². The van der Waals surface area contributed by atoms with Gasteiger partial charge in [0.25, 0.3) is 0 Å². The van der Waals surface area contributed by atoms with Gasteiger partial charge < -0.3 is 4.57 Å². The molecule has 1 aliphatic heterocycles. The first-order chi connectivity index (χ1) is 13.7. The second kappa shape index (κ2) is 6.65. The summed E-state index contributed by atoms with van der Waals surface area (Å²) in [7, 11) is 0. The van der Waals surface area contributed by atoms with E-state index in [0.717, 1.165) is 35.6 Å². The number of nitrogens with zero attached hydrogens (tertiary/aromatic N) is 2. The summed E-state index contributed by atoms with van der Waals surface area (Å²) in [5, 5.41) is 2.44. The molecule has 0 fully saturated rings. The van der Waals surface area contributed by atoms with Gasteiger partial charge in [0, 0.05) is 12.1 Å². The van der Waals surface area contributed by atoms with E-state index in [9.17, 15) is 0 Å². The molecule has 2 aromatic carbocycles. The smallest absolute Gasteiger partial charge is 0.142 e. The third kappa shape index (κ3) is 2.69. The molecule has 5 rings (SSSR count). The molecule has 0 unspecified atom stereocenters. The number of rotatable bonds is 0. The highest BCUT2D eigenvalue weighted by atomic mass is 15.1. The Morgan fingerprint density at radius 1 is 0.964 bits per heavy atom. The Morgan fingerprint density at radius 3 is 2.75 bits per heavy atom. The largest absolute Gasteiger partial charge is 0.320 e. The quantitative estimate of drug-likeness (QED) is 0.437. The Kier molecular flexibility index (Phi) is 3.98. The van der Waals surface area contributed by atoms with E-state index in [1.165, 1.54) is 27.6 Å². The Bertz CT molecular complexity index is 1230. The highest BCUT2D eigenvalue weighted by Gasteiger charge is 2.20. The molecule has 0 amide bonds. The molecule has 0 atom stereocenters. The van der Waals surface area contributed by atoms with Crippen molar-refractivity contribution in [2.45, 2.75) is 19.9 Å². The van der Waals surface area contributed by atoms with E-state index in [1.54, 1.807) is 0 Å². The lowest BCUT2D eigenvalue weighted by molar-refractivity contribution is 0.820. The molecule has 2 heterocycles. The number of allylic oxidation sites excluding steroid dienone is 7. The van der Waals surface area contributed by atoms with Crippen LogP contribution >= 0.6 is 0 Å². The minimum atomic E-state index is 0.791. The van der Waals surface area contributed by atoms with Crippen molar-refractivity contribution in [3.05, 3.63) is 95.9 Å². The van der Waals surface area contributed by atoms with Crippen LogP contribution in [0.1, 0.15) is 30.3 Å². The van der Waals surface area contributed by atoms with E-state index in [1.807, 2.05) is 0 Å². The monoisotopic (exact) mass is 362 g/mol. The predicted molar refractivity (Wildman–Crippen MR) is 120 cm³/mol. The lowest BCUT2D eigenvalue weighted by Gasteiger charge is -2.16. The van der Waals surface area contributed by atoms with Gasteiger partial charge in [-0.3, -0.25) is 0 Å². The molecule has 0 saturated carbocycles. The average Bonchev–Trinajstić information content (AvgIpc) is 2.87. The molecule has 0 N–H and O–H groups in total. The summed E-state index contributed by atoms with van der Waals surface area (Å²) in [5.74, 6) is 1.00. The van der Waals surface area contributed by atoms with Crippen LogP contribution in [0.25, 0.3) is 39.9 Å². The summed E-state index contributed by atoms with van der Waals surface area (Å²) in [5.41, 5.74) is 6.73. The maximum Gasteiger partial charge on any atom is 0.142 e. The van der Waals surface area contributed by atoms with Gasteiger partial charge in [0.1, 0.15) is 5.82 Å². The lowest BCUT2D eigenvalue weighted by Crippen LogP contribution is -2.04. The first kappa shape index (κ1) is 16.8. The number of hydrogen-bond donors (Lipinski definition) is 0. The van der Waals surface area contributed by atoms with Gasteiger partial charge in [0.2, 0.25) is 0 Å². The fourth-order valence-corrected chi connectivity index (χ4v) is 4.15. The topological polar surface area (TPSA) is 17.8 Å². The van der Waals surface area contributed by atoms with Gasteiger partial charge in [0.05, 0.1) is 11.4 Å². The van der Waals surface area contributed by atoms with E-state index < -0.39 is 0 Å². The number of aromatic nitrogens is 2. The summed E-state index contributed by atoms with van der Waals surface area (Å²) < 4.78 is 2.32. The van der Waals surface area contributed by atoms with Gasteiger partial charge in [-0.1, -0.05) is 72.9 Å². The van der Waals surface area contributed by atoms with E-state index in [2.05, 4.69) is 97.0 Å². The molecule has 0 bridgehead atoms. The molecule has 3 aromatic rings. The first-order valence-electron chi connectivity index (χ1n) is 9.72. The van der Waals surface area contributed by atoms with Crippen LogP contribution in [-0.4, -0.2) is 9.55 Å². The maximum atomic E-state index is 5.06. The molecule has 1 aliphatic carbocycles. The molecule has 0 saturated heterocycles. The van der Waals surface area contributed by atoms with Crippen molar-refractivity contribution < 1.29 is 0 Å². The van der Waals surface area contributed by atoms with Gasteiger partial charge >= 0.3 is 0 Å². The first-order valence-corrected chi connectivity index (χ1v) is 9.72. The molecule has 2 nitrogen and oxygen atoms in total. The Morgan fingerprint density at radius 2 is 1.82 bits per heavy atom. The number of benzene rings is 2. The van der Waals surface area contributed by atoms with Crippen LogP contribution in [0.5, 0.6) is 0 Å². The Balaban J connectivity index is 1.89. The predicted octanol–water partition coefficient (Wildman–Crippen LogP) is 6.66. The zero-order valence-electron chi connectivity index (χ0n) is 16.0. The normalized spacial score (nSPS) is 18.6. The molecule has 28 heavy (non-hydrogen) atoms. The SMILES string of the molecule is C=C1/C=C(C)\C=C/Cn2c(nc3c2C=CCC=C3)-c2ccc3ccccc3c21. The molecule has 1 aromatic heterocycles. The van der Waals surface area contributed by atoms with E-state index in [-0.39, 0.29) is 0 Å². The van der Waals surface area contributed by atoms with Crippen LogP contribution in [-0.2, 0) is 6.54 Å². The van der Waals surface area contributed by atoms with Crippen molar-refractivity contribution in [1.82, 2.24) is 9.55 Å². The lowest BCUT2D eigenvalue weighted by atomic mass is 9.92. The van der Waals surface area contributed by atoms with E-state index >= 15 is 0 Å². The van der Waals surface area contributed by atoms with Gasteiger partial charge in [-0.2, -0.15) is 0 Å². The molecule has 0 spiro atoms. The molecule has 136 valence electrons. The van der Waals surface area contributed by atoms with Gasteiger partial charge in [-0.15, -0.1) is 0 Å². The summed E-state index contributed by atoms with van der Waals surface area (Å²) >= 11 is 0. The van der Waals surface area contributed by atoms with Crippen molar-refractivity contribution in [1.29, 1.82) is 0 Å². The highest BCUT2D eigenvalue weighted by Crippen LogP contribution is 2.37. The summed E-state index contributed by atoms with van der Waals surface area (Å²) in [6.07, 6.45) is 16.2. The second-order valence-electron chi connectivity index (χ2n) is 7.38. The van der Waals surface area contributed by atoms with Crippen LogP contribution in [0.15, 0.2) is 78.9 Å². The van der Waals surface area contributed by atoms with Gasteiger partial charge in [-0.05, 0) is 53.5 Å². The summed E-state index contributed by atoms with van der Waals surface area (Å²) in [4.78, 5) is 5.06. The second-order valence-corrected chi connectivity index (χ2v) is 7.38. The molecular formula is C26H22N2. The minimum absolute atomic E-state index is 0.791. The molecule has 2 heteroatoms. The van der Waals surface area contributed by atoms with Gasteiger partial charge in [0.15, 0.2) is 0 Å². The van der Waals surface area contributed by atoms with E-state index in [4.69, 9.17) is 4.98 Å². The van der Waals surface area contributed by atoms with Crippen molar-refractivity contribution in [3.63, 3.8) is 0 Å². The third-order valence-electron chi connectivity index (χ3n) is 5.42. The average molecular weight is 362 g/mol. The van der Waals surface area contributed by atoms with Crippen LogP contribution in [0.3, 0.4) is 0 Å². The van der Waals surface area contributed by atoms with Crippen LogP contribution in [0.2, 0.25) is 0 Å². The number of imidazole rings is 1. The number of fused-ring (bicyclic) bond motifs is 7. The standard InChI is InChI=1S/C26H22N2/c1-18-9-8-16-28-24-13-5-3-4-12-23(24)27-26(28)22-15-14-20-10-6-7-11-21(20)25(22)19(2)17-18/h4-15,17H,2-3,16H2,1H3/b9-8-,18-17-. The van der Waals surface area contributed by atoms with Crippen molar-refractivity contribution in [2.75, 3.05) is 0 Å². The van der Waals surface area contributed by atoms with Crippen molar-refractivity contribution in [3.8, 4) is 11.4 Å². The Labute approximate surface area is 165 Å². The zero-order chi connectivity index (χ0) is 19.1. The fraction of sp³-hybridized carbons (Fsp3) is 0.115. The summed E-state index contributed by atoms with van der Waals surface area (Å²) in [6, 6.07) is 12.9. The highest BCUT2D eigenvalue weighted by molar-refractivity contribution is 6.01. The van der Waals surface area contributed by atoms with E-state index in [0.29, 0.717) is 0 Å². The number of hydrogen-bond acceptors (Lipinski definition) is 1. The van der Waals surface area contributed by atoms with Crippen LogP contribution in [0.4, 0.5) is 0 Å². The Hall–Kier alpha value is -3.39. The molecular weight excluding hydrogens is 340 g/mol. The summed E-state index contributed by atoms with van der Waals surface area (Å²) in [6.45, 7) is 7.35. The zero-order valence-corrected chi connectivity index (χ0v) is 16.0. The van der Waals surface area contributed by atoms with Gasteiger partial charge in [-0.25, -0.2) is 4.98 Å². The molecule has 2 aliphatic rings. The van der Waals surface area contributed by atoms with Crippen molar-refractivity contribution >= 4 is 28.5 Å².